The number of hydrogen-bond donors (Lipinski definition) is 2. The largest absolute Gasteiger partial charge is 0.497 e. The van der Waals surface area contributed by atoms with E-state index in [1.165, 1.54) is 0 Å². The third kappa shape index (κ3) is 2.92. The number of amides is 2. The monoisotopic (exact) mass is 249 g/mol. The lowest BCUT2D eigenvalue weighted by atomic mass is 10.2. The van der Waals surface area contributed by atoms with Crippen molar-refractivity contribution >= 4 is 11.7 Å². The molecule has 5 heteroatoms. The van der Waals surface area contributed by atoms with Crippen LogP contribution in [-0.4, -0.2) is 43.7 Å². The Bertz CT molecular complexity index is 405. The molecule has 1 aromatic carbocycles. The average molecular weight is 249 g/mol. The Balaban J connectivity index is 1.97. The van der Waals surface area contributed by atoms with Gasteiger partial charge in [0, 0.05) is 31.4 Å². The molecule has 0 radical (unpaired) electrons. The molecule has 98 valence electrons. The molecule has 0 unspecified atom stereocenters. The molecule has 1 aliphatic heterocycles. The molecule has 1 aliphatic rings. The van der Waals surface area contributed by atoms with Crippen LogP contribution in [-0.2, 0) is 0 Å². The van der Waals surface area contributed by atoms with E-state index in [4.69, 9.17) is 4.74 Å². The van der Waals surface area contributed by atoms with Gasteiger partial charge in [-0.2, -0.15) is 0 Å². The van der Waals surface area contributed by atoms with Crippen LogP contribution in [0.25, 0.3) is 0 Å². The number of hydrogen-bond acceptors (Lipinski definition) is 3. The van der Waals surface area contributed by atoms with Gasteiger partial charge in [0.25, 0.3) is 0 Å². The van der Waals surface area contributed by atoms with Crippen molar-refractivity contribution in [3.05, 3.63) is 24.3 Å². The zero-order valence-electron chi connectivity index (χ0n) is 10.8. The van der Waals surface area contributed by atoms with Crippen LogP contribution in [0.1, 0.15) is 6.92 Å². The highest BCUT2D eigenvalue weighted by atomic mass is 16.5. The van der Waals surface area contributed by atoms with Crippen molar-refractivity contribution in [2.45, 2.75) is 13.0 Å². The summed E-state index contributed by atoms with van der Waals surface area (Å²) in [5.41, 5.74) is 0.784. The third-order valence-electron chi connectivity index (χ3n) is 3.10. The van der Waals surface area contributed by atoms with Gasteiger partial charge in [-0.05, 0) is 31.2 Å². The number of carbonyl (C=O) groups is 1. The first-order valence-corrected chi connectivity index (χ1v) is 6.13. The van der Waals surface area contributed by atoms with Crippen molar-refractivity contribution < 1.29 is 9.53 Å². The van der Waals surface area contributed by atoms with Gasteiger partial charge in [-0.1, -0.05) is 0 Å². The van der Waals surface area contributed by atoms with Crippen LogP contribution in [0.15, 0.2) is 24.3 Å². The smallest absolute Gasteiger partial charge is 0.322 e. The first kappa shape index (κ1) is 12.7. The molecule has 1 fully saturated rings. The second-order valence-corrected chi connectivity index (χ2v) is 4.41. The Labute approximate surface area is 107 Å². The second-order valence-electron chi connectivity index (χ2n) is 4.41. The summed E-state index contributed by atoms with van der Waals surface area (Å²) >= 11 is 0. The lowest BCUT2D eigenvalue weighted by Gasteiger charge is -2.33. The van der Waals surface area contributed by atoms with E-state index in [-0.39, 0.29) is 12.1 Å². The van der Waals surface area contributed by atoms with E-state index in [1.807, 2.05) is 36.1 Å². The number of carbonyl (C=O) groups excluding carboxylic acids is 1. The van der Waals surface area contributed by atoms with Gasteiger partial charge in [-0.3, -0.25) is 0 Å². The summed E-state index contributed by atoms with van der Waals surface area (Å²) in [6, 6.07) is 7.51. The Morgan fingerprint density at radius 2 is 2.17 bits per heavy atom. The quantitative estimate of drug-likeness (QED) is 0.835. The molecule has 0 aliphatic carbocycles. The summed E-state index contributed by atoms with van der Waals surface area (Å²) in [5.74, 6) is 0.781. The van der Waals surface area contributed by atoms with E-state index in [9.17, 15) is 4.79 Å². The molecule has 0 aromatic heterocycles. The van der Waals surface area contributed by atoms with Gasteiger partial charge >= 0.3 is 6.03 Å². The molecule has 0 spiro atoms. The van der Waals surface area contributed by atoms with Crippen LogP contribution in [0.2, 0.25) is 0 Å². The SMILES string of the molecule is COc1ccc(NC(=O)N2CCNC[C@@H]2C)cc1. The Kier molecular flexibility index (Phi) is 4.04. The van der Waals surface area contributed by atoms with Crippen LogP contribution in [0, 0.1) is 0 Å². The van der Waals surface area contributed by atoms with Gasteiger partial charge in [-0.25, -0.2) is 4.79 Å². The number of methoxy groups -OCH3 is 1. The van der Waals surface area contributed by atoms with Gasteiger partial charge in [0.15, 0.2) is 0 Å². The zero-order valence-corrected chi connectivity index (χ0v) is 10.8. The predicted molar refractivity (Wildman–Crippen MR) is 71.1 cm³/mol. The number of ether oxygens (including phenoxy) is 1. The normalized spacial score (nSPS) is 19.4. The van der Waals surface area contributed by atoms with E-state index < -0.39 is 0 Å². The fraction of sp³-hybridized carbons (Fsp3) is 0.462. The standard InChI is InChI=1S/C13H19N3O2/c1-10-9-14-7-8-16(10)13(17)15-11-3-5-12(18-2)6-4-11/h3-6,10,14H,7-9H2,1-2H3,(H,15,17)/t10-/m0/s1. The van der Waals surface area contributed by atoms with Crippen molar-refractivity contribution in [1.82, 2.24) is 10.2 Å². The Morgan fingerprint density at radius 3 is 2.78 bits per heavy atom. The van der Waals surface area contributed by atoms with Gasteiger partial charge in [0.2, 0.25) is 0 Å². The fourth-order valence-corrected chi connectivity index (χ4v) is 2.01. The third-order valence-corrected chi connectivity index (χ3v) is 3.10. The van der Waals surface area contributed by atoms with E-state index >= 15 is 0 Å². The molecule has 1 heterocycles. The van der Waals surface area contributed by atoms with Crippen molar-refractivity contribution in [1.29, 1.82) is 0 Å². The molecule has 0 saturated carbocycles. The summed E-state index contributed by atoms with van der Waals surface area (Å²) in [7, 11) is 1.62. The average Bonchev–Trinajstić information content (AvgIpc) is 2.40. The van der Waals surface area contributed by atoms with Gasteiger partial charge in [-0.15, -0.1) is 0 Å². The van der Waals surface area contributed by atoms with Crippen LogP contribution in [0.3, 0.4) is 0 Å². The molecule has 1 saturated heterocycles. The predicted octanol–water partition coefficient (Wildman–Crippen LogP) is 1.52. The Morgan fingerprint density at radius 1 is 1.44 bits per heavy atom. The lowest BCUT2D eigenvalue weighted by molar-refractivity contribution is 0.177. The van der Waals surface area contributed by atoms with Crippen molar-refractivity contribution in [2.24, 2.45) is 0 Å². The van der Waals surface area contributed by atoms with Crippen LogP contribution >= 0.6 is 0 Å². The molecule has 5 nitrogen and oxygen atoms in total. The minimum absolute atomic E-state index is 0.0471. The number of rotatable bonds is 2. The topological polar surface area (TPSA) is 53.6 Å². The van der Waals surface area contributed by atoms with Crippen LogP contribution in [0.5, 0.6) is 5.75 Å². The minimum atomic E-state index is -0.0471. The number of benzene rings is 1. The number of urea groups is 1. The fourth-order valence-electron chi connectivity index (χ4n) is 2.01. The lowest BCUT2D eigenvalue weighted by Crippen LogP contribution is -2.53. The maximum absolute atomic E-state index is 12.1. The Hall–Kier alpha value is -1.75. The number of nitrogens with one attached hydrogen (secondary N) is 2. The highest BCUT2D eigenvalue weighted by Crippen LogP contribution is 2.16. The maximum Gasteiger partial charge on any atom is 0.322 e. The van der Waals surface area contributed by atoms with Crippen molar-refractivity contribution in [3.8, 4) is 5.75 Å². The zero-order chi connectivity index (χ0) is 13.0. The van der Waals surface area contributed by atoms with Gasteiger partial charge in [0.1, 0.15) is 5.75 Å². The minimum Gasteiger partial charge on any atom is -0.497 e. The van der Waals surface area contributed by atoms with E-state index in [0.717, 1.165) is 31.1 Å². The molecule has 18 heavy (non-hydrogen) atoms. The van der Waals surface area contributed by atoms with E-state index in [1.54, 1.807) is 7.11 Å². The molecule has 1 aromatic rings. The summed E-state index contributed by atoms with van der Waals surface area (Å²) < 4.78 is 5.08. The maximum atomic E-state index is 12.1. The second kappa shape index (κ2) is 5.73. The number of piperazine rings is 1. The number of anilines is 1. The molecule has 2 rings (SSSR count). The molecule has 1 atom stereocenters. The van der Waals surface area contributed by atoms with Crippen molar-refractivity contribution in [2.75, 3.05) is 32.1 Å². The summed E-state index contributed by atoms with van der Waals surface area (Å²) in [5, 5.41) is 6.16. The first-order valence-electron chi connectivity index (χ1n) is 6.13. The molecule has 0 bridgehead atoms. The van der Waals surface area contributed by atoms with E-state index in [2.05, 4.69) is 10.6 Å². The van der Waals surface area contributed by atoms with Crippen LogP contribution in [0.4, 0.5) is 10.5 Å². The first-order chi connectivity index (χ1) is 8.70. The van der Waals surface area contributed by atoms with Gasteiger partial charge in [0.05, 0.1) is 7.11 Å². The highest BCUT2D eigenvalue weighted by molar-refractivity contribution is 5.89. The van der Waals surface area contributed by atoms with Crippen molar-refractivity contribution in [3.63, 3.8) is 0 Å². The molecule has 2 amide bonds. The molecular formula is C13H19N3O2. The molecular weight excluding hydrogens is 230 g/mol. The summed E-state index contributed by atoms with van der Waals surface area (Å²) in [6.45, 7) is 4.47. The highest BCUT2D eigenvalue weighted by Gasteiger charge is 2.22. The van der Waals surface area contributed by atoms with E-state index in [0.29, 0.717) is 0 Å². The van der Waals surface area contributed by atoms with Crippen LogP contribution < -0.4 is 15.4 Å². The molecule has 2 N–H and O–H groups in total. The summed E-state index contributed by atoms with van der Waals surface area (Å²) in [6.07, 6.45) is 0. The number of nitrogens with zero attached hydrogens (tertiary/aromatic N) is 1. The summed E-state index contributed by atoms with van der Waals surface area (Å²) in [4.78, 5) is 13.9. The van der Waals surface area contributed by atoms with Gasteiger partial charge < -0.3 is 20.3 Å².